The molecule has 24 heavy (non-hydrogen) atoms. The van der Waals surface area contributed by atoms with Gasteiger partial charge < -0.3 is 14.2 Å². The van der Waals surface area contributed by atoms with Gasteiger partial charge in [-0.15, -0.1) is 0 Å². The average molecular weight is 328 g/mol. The number of carbonyl (C=O) groups is 1. The molecule has 4 heteroatoms. The summed E-state index contributed by atoms with van der Waals surface area (Å²) in [5.41, 5.74) is 0.00528. The first-order chi connectivity index (χ1) is 11.7. The Kier molecular flexibility index (Phi) is 2.66. The summed E-state index contributed by atoms with van der Waals surface area (Å²) in [5, 5.41) is 0. The molecule has 6 aliphatic rings. The lowest BCUT2D eigenvalue weighted by molar-refractivity contribution is -0.137. The third-order valence-electron chi connectivity index (χ3n) is 7.86. The zero-order chi connectivity index (χ0) is 15.9. The largest absolute Gasteiger partial charge is 0.465 e. The molecule has 128 valence electrons. The van der Waals surface area contributed by atoms with Crippen LogP contribution in [-0.2, 0) is 19.0 Å². The van der Waals surface area contributed by atoms with Crippen LogP contribution < -0.4 is 0 Å². The highest BCUT2D eigenvalue weighted by Gasteiger charge is 2.66. The van der Waals surface area contributed by atoms with Gasteiger partial charge in [-0.3, -0.25) is 4.79 Å². The molecule has 0 aromatic carbocycles. The van der Waals surface area contributed by atoms with Gasteiger partial charge in [-0.2, -0.15) is 0 Å². The summed E-state index contributed by atoms with van der Waals surface area (Å²) >= 11 is 0. The van der Waals surface area contributed by atoms with E-state index in [4.69, 9.17) is 14.2 Å². The van der Waals surface area contributed by atoms with E-state index in [0.29, 0.717) is 49.4 Å². The van der Waals surface area contributed by atoms with Crippen molar-refractivity contribution >= 4 is 5.97 Å². The van der Waals surface area contributed by atoms with Crippen molar-refractivity contribution in [2.45, 2.75) is 43.8 Å². The number of allylic oxidation sites excluding steroid dienone is 2. The molecule has 0 aromatic heterocycles. The van der Waals surface area contributed by atoms with Crippen molar-refractivity contribution < 1.29 is 19.0 Å². The maximum Gasteiger partial charge on any atom is 0.306 e. The van der Waals surface area contributed by atoms with E-state index in [2.05, 4.69) is 24.3 Å². The van der Waals surface area contributed by atoms with Gasteiger partial charge in [0.25, 0.3) is 0 Å². The van der Waals surface area contributed by atoms with Crippen molar-refractivity contribution in [1.29, 1.82) is 0 Å². The molecule has 0 N–H and O–H groups in total. The fraction of sp³-hybridized carbons (Fsp3) is 0.750. The van der Waals surface area contributed by atoms with Crippen LogP contribution in [0.4, 0.5) is 0 Å². The minimum absolute atomic E-state index is 0.0176. The summed E-state index contributed by atoms with van der Waals surface area (Å²) in [5.74, 6) is 2.72. The van der Waals surface area contributed by atoms with Crippen LogP contribution in [0.3, 0.4) is 0 Å². The van der Waals surface area contributed by atoms with Gasteiger partial charge in [-0.25, -0.2) is 0 Å². The predicted molar refractivity (Wildman–Crippen MR) is 85.8 cm³/mol. The van der Waals surface area contributed by atoms with E-state index in [9.17, 15) is 4.79 Å². The van der Waals surface area contributed by atoms with E-state index in [-0.39, 0.29) is 23.1 Å². The molecular weight excluding hydrogens is 304 g/mol. The number of hydrogen-bond donors (Lipinski definition) is 0. The van der Waals surface area contributed by atoms with Crippen LogP contribution >= 0.6 is 0 Å². The number of cyclic esters (lactones) is 1. The van der Waals surface area contributed by atoms with Crippen LogP contribution in [0, 0.1) is 35.0 Å². The monoisotopic (exact) mass is 328 g/mol. The summed E-state index contributed by atoms with van der Waals surface area (Å²) in [6.45, 7) is 1.06. The zero-order valence-electron chi connectivity index (χ0n) is 13.9. The first-order valence-electron chi connectivity index (χ1n) is 9.47. The number of carbonyl (C=O) groups excluding carboxylic acids is 1. The highest BCUT2D eigenvalue weighted by molar-refractivity contribution is 5.71. The van der Waals surface area contributed by atoms with Crippen molar-refractivity contribution in [3.05, 3.63) is 24.3 Å². The normalized spacial score (nSPS) is 56.9. The Labute approximate surface area is 142 Å². The van der Waals surface area contributed by atoms with Gasteiger partial charge in [0.05, 0.1) is 19.1 Å². The Morgan fingerprint density at radius 3 is 2.83 bits per heavy atom. The number of ether oxygens (including phenoxy) is 3. The van der Waals surface area contributed by atoms with E-state index >= 15 is 0 Å². The minimum atomic E-state index is -0.102. The first-order valence-corrected chi connectivity index (χ1v) is 9.47. The van der Waals surface area contributed by atoms with Gasteiger partial charge in [0.2, 0.25) is 0 Å². The molecule has 4 aliphatic carbocycles. The molecular formula is C20H24O4. The van der Waals surface area contributed by atoms with E-state index in [0.717, 1.165) is 12.8 Å². The quantitative estimate of drug-likeness (QED) is 0.577. The second kappa shape index (κ2) is 4.53. The molecule has 2 aliphatic heterocycles. The maximum absolute atomic E-state index is 11.6. The van der Waals surface area contributed by atoms with Crippen molar-refractivity contribution in [2.24, 2.45) is 35.0 Å². The third kappa shape index (κ3) is 1.64. The van der Waals surface area contributed by atoms with Gasteiger partial charge in [0.1, 0.15) is 12.4 Å². The number of rotatable bonds is 2. The van der Waals surface area contributed by atoms with E-state index in [1.54, 1.807) is 0 Å². The fourth-order valence-corrected chi connectivity index (χ4v) is 6.95. The molecule has 0 radical (unpaired) electrons. The van der Waals surface area contributed by atoms with E-state index < -0.39 is 0 Å². The molecule has 4 bridgehead atoms. The van der Waals surface area contributed by atoms with Crippen LogP contribution in [0.25, 0.3) is 0 Å². The van der Waals surface area contributed by atoms with Crippen molar-refractivity contribution in [3.63, 3.8) is 0 Å². The summed E-state index contributed by atoms with van der Waals surface area (Å²) in [4.78, 5) is 11.6. The Balaban J connectivity index is 1.31. The molecule has 2 saturated heterocycles. The van der Waals surface area contributed by atoms with Gasteiger partial charge in [-0.1, -0.05) is 24.3 Å². The lowest BCUT2D eigenvalue weighted by Crippen LogP contribution is -2.51. The average Bonchev–Trinajstić information content (AvgIpc) is 3.38. The summed E-state index contributed by atoms with van der Waals surface area (Å²) in [7, 11) is 0. The predicted octanol–water partition coefficient (Wildman–Crippen LogP) is 2.84. The molecule has 0 aromatic rings. The number of hydrogen-bond acceptors (Lipinski definition) is 4. The van der Waals surface area contributed by atoms with Crippen LogP contribution in [0.2, 0.25) is 0 Å². The second-order valence-electron chi connectivity index (χ2n) is 8.93. The maximum atomic E-state index is 11.6. The molecule has 8 atom stereocenters. The highest BCUT2D eigenvalue weighted by atomic mass is 16.7. The first kappa shape index (κ1) is 14.1. The minimum Gasteiger partial charge on any atom is -0.465 e. The number of esters is 1. The Morgan fingerprint density at radius 2 is 2.08 bits per heavy atom. The van der Waals surface area contributed by atoms with Gasteiger partial charge >= 0.3 is 5.97 Å². The zero-order valence-corrected chi connectivity index (χ0v) is 13.9. The fourth-order valence-electron chi connectivity index (χ4n) is 6.95. The van der Waals surface area contributed by atoms with Crippen LogP contribution in [0.15, 0.2) is 24.3 Å². The molecule has 2 heterocycles. The van der Waals surface area contributed by atoms with Gasteiger partial charge in [0, 0.05) is 17.3 Å². The standard InChI is InChI=1S/C20H24O4/c21-17-6-14(10-22-17)16-9-19(4-3-13(16)8-19)18-20(24-11-23-18)7-12-1-2-15(20)5-12/h1-4,12-16,18H,5-11H2. The molecule has 2 saturated carbocycles. The molecule has 4 nitrogen and oxygen atoms in total. The summed E-state index contributed by atoms with van der Waals surface area (Å²) in [6.07, 6.45) is 15.0. The van der Waals surface area contributed by atoms with Crippen molar-refractivity contribution in [1.82, 2.24) is 0 Å². The topological polar surface area (TPSA) is 44.8 Å². The smallest absolute Gasteiger partial charge is 0.306 e. The Morgan fingerprint density at radius 1 is 1.12 bits per heavy atom. The Hall–Kier alpha value is -1.13. The highest BCUT2D eigenvalue weighted by Crippen LogP contribution is 2.64. The Bertz CT molecular complexity index is 654. The van der Waals surface area contributed by atoms with Crippen LogP contribution in [0.5, 0.6) is 0 Å². The molecule has 8 unspecified atom stereocenters. The SMILES string of the molecule is O=C1CC(C2CC3(C4OCOC45CC4C=CC5C4)C=CC2C3)CO1. The van der Waals surface area contributed by atoms with Gasteiger partial charge in [-0.05, 0) is 43.4 Å². The molecule has 6 rings (SSSR count). The van der Waals surface area contributed by atoms with Crippen LogP contribution in [-0.4, -0.2) is 31.1 Å². The van der Waals surface area contributed by atoms with Crippen LogP contribution in [0.1, 0.15) is 32.1 Å². The molecule has 0 amide bonds. The van der Waals surface area contributed by atoms with E-state index in [1.165, 1.54) is 12.8 Å². The van der Waals surface area contributed by atoms with Gasteiger partial charge in [0.15, 0.2) is 0 Å². The lowest BCUT2D eigenvalue weighted by Gasteiger charge is -2.43. The summed E-state index contributed by atoms with van der Waals surface area (Å²) in [6, 6.07) is 0. The van der Waals surface area contributed by atoms with E-state index in [1.807, 2.05) is 0 Å². The second-order valence-corrected chi connectivity index (χ2v) is 8.93. The van der Waals surface area contributed by atoms with Crippen molar-refractivity contribution in [2.75, 3.05) is 13.4 Å². The third-order valence-corrected chi connectivity index (χ3v) is 7.86. The lowest BCUT2D eigenvalue weighted by atomic mass is 9.67. The molecule has 1 spiro atoms. The summed E-state index contributed by atoms with van der Waals surface area (Å²) < 4.78 is 17.8. The number of fused-ring (bicyclic) bond motifs is 5. The van der Waals surface area contributed by atoms with Crippen molar-refractivity contribution in [3.8, 4) is 0 Å². The molecule has 4 fully saturated rings.